The van der Waals surface area contributed by atoms with E-state index < -0.39 is 15.8 Å². The summed E-state index contributed by atoms with van der Waals surface area (Å²) in [6.07, 6.45) is 1.48. The van der Waals surface area contributed by atoms with Crippen LogP contribution < -0.4 is 4.72 Å². The van der Waals surface area contributed by atoms with E-state index in [1.165, 1.54) is 24.4 Å². The molecule has 2 aromatic heterocycles. The monoisotopic (exact) mass is 338 g/mol. The molecule has 0 amide bonds. The standard InChI is InChI=1S/C14H11FN2O3S2/c1-9-2-3-10(8-11(9)15)17-22(18,19)14-5-4-13(21-14)12-6-7-16-20-12/h2-8,17H,1H3. The molecule has 0 unspecified atom stereocenters. The molecule has 0 aliphatic heterocycles. The summed E-state index contributed by atoms with van der Waals surface area (Å²) in [5.74, 6) is 0.0292. The number of rotatable bonds is 4. The lowest BCUT2D eigenvalue weighted by molar-refractivity contribution is 0.433. The van der Waals surface area contributed by atoms with Gasteiger partial charge in [0.25, 0.3) is 10.0 Å². The molecule has 5 nitrogen and oxygen atoms in total. The summed E-state index contributed by atoms with van der Waals surface area (Å²) >= 11 is 1.05. The zero-order valence-electron chi connectivity index (χ0n) is 11.4. The Hall–Kier alpha value is -2.19. The van der Waals surface area contributed by atoms with E-state index in [-0.39, 0.29) is 9.90 Å². The number of halogens is 1. The van der Waals surface area contributed by atoms with Gasteiger partial charge in [0.15, 0.2) is 5.76 Å². The third-order valence-electron chi connectivity index (χ3n) is 2.95. The summed E-state index contributed by atoms with van der Waals surface area (Å²) < 4.78 is 45.6. The van der Waals surface area contributed by atoms with Crippen molar-refractivity contribution in [3.05, 3.63) is 54.0 Å². The Morgan fingerprint density at radius 3 is 2.73 bits per heavy atom. The maximum atomic E-state index is 13.5. The highest BCUT2D eigenvalue weighted by atomic mass is 32.2. The first-order valence-electron chi connectivity index (χ1n) is 6.25. The minimum atomic E-state index is -3.77. The number of nitrogens with one attached hydrogen (secondary N) is 1. The summed E-state index contributed by atoms with van der Waals surface area (Å²) in [6, 6.07) is 8.93. The fraction of sp³-hybridized carbons (Fsp3) is 0.0714. The molecule has 0 saturated carbocycles. The molecule has 0 bridgehead atoms. The van der Waals surface area contributed by atoms with Crippen LogP contribution in [0.15, 0.2) is 51.3 Å². The Balaban J connectivity index is 1.88. The summed E-state index contributed by atoms with van der Waals surface area (Å²) in [6.45, 7) is 1.61. The average molecular weight is 338 g/mol. The van der Waals surface area contributed by atoms with E-state index in [1.54, 1.807) is 19.1 Å². The molecule has 0 radical (unpaired) electrons. The topological polar surface area (TPSA) is 72.2 Å². The number of sulfonamides is 1. The van der Waals surface area contributed by atoms with Crippen LogP contribution in [0.2, 0.25) is 0 Å². The Labute approximate surface area is 130 Å². The maximum Gasteiger partial charge on any atom is 0.271 e. The number of hydrogen-bond acceptors (Lipinski definition) is 5. The molecule has 3 aromatic rings. The highest BCUT2D eigenvalue weighted by Gasteiger charge is 2.19. The number of aryl methyl sites for hydroxylation is 1. The molecular formula is C14H11FN2O3S2. The molecule has 22 heavy (non-hydrogen) atoms. The smallest absolute Gasteiger partial charge is 0.271 e. The molecule has 0 aliphatic carbocycles. The molecule has 3 rings (SSSR count). The van der Waals surface area contributed by atoms with E-state index in [1.807, 2.05) is 0 Å². The lowest BCUT2D eigenvalue weighted by Gasteiger charge is -2.07. The summed E-state index contributed by atoms with van der Waals surface area (Å²) in [5.41, 5.74) is 0.629. The normalized spacial score (nSPS) is 11.5. The van der Waals surface area contributed by atoms with Gasteiger partial charge in [0.05, 0.1) is 16.8 Å². The molecule has 114 valence electrons. The second kappa shape index (κ2) is 5.54. The number of thiophene rings is 1. The Morgan fingerprint density at radius 1 is 1.23 bits per heavy atom. The van der Waals surface area contributed by atoms with E-state index in [4.69, 9.17) is 4.52 Å². The quantitative estimate of drug-likeness (QED) is 0.788. The lowest BCUT2D eigenvalue weighted by atomic mass is 10.2. The minimum Gasteiger partial charge on any atom is -0.355 e. The van der Waals surface area contributed by atoms with Crippen molar-refractivity contribution in [2.75, 3.05) is 4.72 Å². The van der Waals surface area contributed by atoms with Gasteiger partial charge in [0, 0.05) is 6.07 Å². The van der Waals surface area contributed by atoms with E-state index in [0.717, 1.165) is 17.4 Å². The van der Waals surface area contributed by atoms with Crippen LogP contribution in [0, 0.1) is 12.7 Å². The van der Waals surface area contributed by atoms with Crippen LogP contribution >= 0.6 is 11.3 Å². The van der Waals surface area contributed by atoms with Crippen LogP contribution in [0.5, 0.6) is 0 Å². The van der Waals surface area contributed by atoms with Crippen molar-refractivity contribution >= 4 is 27.0 Å². The Bertz CT molecular complexity index is 902. The van der Waals surface area contributed by atoms with Crippen LogP contribution in [-0.2, 0) is 10.0 Å². The third kappa shape index (κ3) is 2.88. The largest absolute Gasteiger partial charge is 0.355 e. The van der Waals surface area contributed by atoms with E-state index in [9.17, 15) is 12.8 Å². The zero-order chi connectivity index (χ0) is 15.7. The fourth-order valence-corrected chi connectivity index (χ4v) is 4.11. The van der Waals surface area contributed by atoms with Gasteiger partial charge in [-0.2, -0.15) is 0 Å². The number of hydrogen-bond donors (Lipinski definition) is 1. The van der Waals surface area contributed by atoms with E-state index in [0.29, 0.717) is 16.2 Å². The number of anilines is 1. The molecule has 1 aromatic carbocycles. The van der Waals surface area contributed by atoms with Gasteiger partial charge in [-0.1, -0.05) is 11.2 Å². The predicted molar refractivity (Wildman–Crippen MR) is 81.8 cm³/mol. The maximum absolute atomic E-state index is 13.5. The van der Waals surface area contributed by atoms with Gasteiger partial charge in [0.1, 0.15) is 10.0 Å². The molecule has 0 atom stereocenters. The Kier molecular flexibility index (Phi) is 3.71. The van der Waals surface area contributed by atoms with Crippen LogP contribution in [0.4, 0.5) is 10.1 Å². The number of aromatic nitrogens is 1. The average Bonchev–Trinajstić information content (AvgIpc) is 3.12. The molecule has 0 aliphatic rings. The lowest BCUT2D eigenvalue weighted by Crippen LogP contribution is -2.11. The van der Waals surface area contributed by atoms with E-state index >= 15 is 0 Å². The number of benzene rings is 1. The first kappa shape index (κ1) is 14.7. The SMILES string of the molecule is Cc1ccc(NS(=O)(=O)c2ccc(-c3ccno3)s2)cc1F. The van der Waals surface area contributed by atoms with Crippen LogP contribution in [0.25, 0.3) is 10.6 Å². The van der Waals surface area contributed by atoms with E-state index in [2.05, 4.69) is 9.88 Å². The van der Waals surface area contributed by atoms with Crippen molar-refractivity contribution in [2.45, 2.75) is 11.1 Å². The van der Waals surface area contributed by atoms with Gasteiger partial charge in [-0.25, -0.2) is 12.8 Å². The van der Waals surface area contributed by atoms with Crippen LogP contribution in [0.1, 0.15) is 5.56 Å². The predicted octanol–water partition coefficient (Wildman–Crippen LogP) is 3.65. The second-order valence-corrected chi connectivity index (χ2v) is 7.56. The molecule has 0 fully saturated rings. The fourth-order valence-electron chi connectivity index (χ4n) is 1.80. The van der Waals surface area contributed by atoms with Crippen LogP contribution in [0.3, 0.4) is 0 Å². The van der Waals surface area contributed by atoms with Crippen molar-refractivity contribution in [3.8, 4) is 10.6 Å². The van der Waals surface area contributed by atoms with Crippen LogP contribution in [-0.4, -0.2) is 13.6 Å². The van der Waals surface area contributed by atoms with Gasteiger partial charge < -0.3 is 4.52 Å². The molecule has 8 heteroatoms. The van der Waals surface area contributed by atoms with Gasteiger partial charge >= 0.3 is 0 Å². The van der Waals surface area contributed by atoms with Gasteiger partial charge in [0.2, 0.25) is 0 Å². The first-order valence-corrected chi connectivity index (χ1v) is 8.55. The number of nitrogens with zero attached hydrogens (tertiary/aromatic N) is 1. The first-order chi connectivity index (χ1) is 10.5. The second-order valence-electron chi connectivity index (χ2n) is 4.56. The van der Waals surface area contributed by atoms with Crippen molar-refractivity contribution in [1.82, 2.24) is 5.16 Å². The van der Waals surface area contributed by atoms with Crippen molar-refractivity contribution in [3.63, 3.8) is 0 Å². The van der Waals surface area contributed by atoms with Crippen molar-refractivity contribution in [1.29, 1.82) is 0 Å². The van der Waals surface area contributed by atoms with Crippen molar-refractivity contribution in [2.24, 2.45) is 0 Å². The third-order valence-corrected chi connectivity index (χ3v) is 5.92. The highest BCUT2D eigenvalue weighted by molar-refractivity contribution is 7.94. The highest BCUT2D eigenvalue weighted by Crippen LogP contribution is 2.31. The summed E-state index contributed by atoms with van der Waals surface area (Å²) in [4.78, 5) is 0.646. The van der Waals surface area contributed by atoms with Gasteiger partial charge in [-0.05, 0) is 36.8 Å². The van der Waals surface area contributed by atoms with Gasteiger partial charge in [-0.15, -0.1) is 11.3 Å². The summed E-state index contributed by atoms with van der Waals surface area (Å²) in [5, 5.41) is 3.58. The molecule has 0 saturated heterocycles. The minimum absolute atomic E-state index is 0.111. The summed E-state index contributed by atoms with van der Waals surface area (Å²) in [7, 11) is -3.77. The Morgan fingerprint density at radius 2 is 2.05 bits per heavy atom. The molecular weight excluding hydrogens is 327 g/mol. The molecule has 0 spiro atoms. The van der Waals surface area contributed by atoms with Crippen molar-refractivity contribution < 1.29 is 17.3 Å². The van der Waals surface area contributed by atoms with Gasteiger partial charge in [-0.3, -0.25) is 4.72 Å². The zero-order valence-corrected chi connectivity index (χ0v) is 13.0. The molecule has 1 N–H and O–H groups in total. The molecule has 2 heterocycles.